The quantitative estimate of drug-likeness (QED) is 0.814. The van der Waals surface area contributed by atoms with Gasteiger partial charge in [0.25, 0.3) is 0 Å². The van der Waals surface area contributed by atoms with Gasteiger partial charge in [-0.25, -0.2) is 13.1 Å². The Morgan fingerprint density at radius 3 is 2.58 bits per heavy atom. The van der Waals surface area contributed by atoms with Gasteiger partial charge in [0.2, 0.25) is 21.8 Å². The molecular weight excluding hydrogens is 354 g/mol. The molecule has 2 fully saturated rings. The summed E-state index contributed by atoms with van der Waals surface area (Å²) in [6.07, 6.45) is 4.30. The topological polar surface area (TPSA) is 95.6 Å². The maximum atomic E-state index is 12.6. The standard InChI is InChI=1S/C18H23N3O4S/c22-17-16(9-13-7-3-4-8-15(13)19-17)20-26(24,25)14-10-21(11-14)18(23)12-5-1-2-6-12/h3-4,7-8,12,14,16,20H,1-2,5-6,9-11H2,(H,19,22)/t16-/m0/s1. The second-order valence-electron chi connectivity index (χ2n) is 7.41. The highest BCUT2D eigenvalue weighted by Gasteiger charge is 2.43. The summed E-state index contributed by atoms with van der Waals surface area (Å²) in [5.41, 5.74) is 1.64. The molecule has 2 aliphatic heterocycles. The van der Waals surface area contributed by atoms with Crippen LogP contribution in [0.1, 0.15) is 31.2 Å². The Morgan fingerprint density at radius 2 is 1.85 bits per heavy atom. The minimum atomic E-state index is -3.65. The van der Waals surface area contributed by atoms with E-state index in [2.05, 4.69) is 10.0 Å². The van der Waals surface area contributed by atoms with Gasteiger partial charge in [-0.05, 0) is 30.9 Å². The van der Waals surface area contributed by atoms with E-state index in [0.29, 0.717) is 6.42 Å². The van der Waals surface area contributed by atoms with Crippen LogP contribution in [-0.2, 0) is 26.0 Å². The number of carbonyl (C=O) groups excluding carboxylic acids is 2. The van der Waals surface area contributed by atoms with Gasteiger partial charge in [-0.15, -0.1) is 0 Å². The average molecular weight is 377 g/mol. The summed E-state index contributed by atoms with van der Waals surface area (Å²) < 4.78 is 27.7. The fourth-order valence-electron chi connectivity index (χ4n) is 3.99. The third kappa shape index (κ3) is 3.23. The number of benzene rings is 1. The highest BCUT2D eigenvalue weighted by molar-refractivity contribution is 7.90. The summed E-state index contributed by atoms with van der Waals surface area (Å²) in [5, 5.41) is 2.10. The number of fused-ring (bicyclic) bond motifs is 1. The van der Waals surface area contributed by atoms with Crippen LogP contribution in [0.25, 0.3) is 0 Å². The van der Waals surface area contributed by atoms with Gasteiger partial charge in [0.05, 0.1) is 0 Å². The molecule has 2 heterocycles. The number of sulfonamides is 1. The number of hydrogen-bond acceptors (Lipinski definition) is 4. The molecule has 1 aromatic rings. The fourth-order valence-corrected chi connectivity index (χ4v) is 5.52. The second kappa shape index (κ2) is 6.66. The maximum Gasteiger partial charge on any atom is 0.242 e. The number of para-hydroxylation sites is 1. The zero-order chi connectivity index (χ0) is 18.3. The van der Waals surface area contributed by atoms with E-state index < -0.39 is 21.3 Å². The molecule has 1 atom stereocenters. The molecule has 1 saturated heterocycles. The molecule has 0 radical (unpaired) electrons. The SMILES string of the molecule is O=C1Nc2ccccc2C[C@@H]1NS(=O)(=O)C1CN(C(=O)C2CCCC2)C1. The van der Waals surface area contributed by atoms with Gasteiger partial charge in [0.15, 0.2) is 0 Å². The van der Waals surface area contributed by atoms with Crippen LogP contribution in [-0.4, -0.2) is 49.5 Å². The van der Waals surface area contributed by atoms with E-state index in [1.165, 1.54) is 0 Å². The molecule has 2 N–H and O–H groups in total. The number of nitrogens with one attached hydrogen (secondary N) is 2. The molecule has 0 unspecified atom stereocenters. The van der Waals surface area contributed by atoms with Crippen molar-refractivity contribution in [1.29, 1.82) is 0 Å². The van der Waals surface area contributed by atoms with Crippen molar-refractivity contribution in [3.63, 3.8) is 0 Å². The van der Waals surface area contributed by atoms with Gasteiger partial charge in [0, 0.05) is 24.7 Å². The molecule has 4 rings (SSSR count). The molecule has 1 saturated carbocycles. The van der Waals surface area contributed by atoms with Crippen LogP contribution in [0.15, 0.2) is 24.3 Å². The van der Waals surface area contributed by atoms with Crippen molar-refractivity contribution in [3.8, 4) is 0 Å². The molecule has 3 aliphatic rings. The van der Waals surface area contributed by atoms with E-state index in [1.54, 1.807) is 11.0 Å². The summed E-state index contributed by atoms with van der Waals surface area (Å²) in [4.78, 5) is 26.2. The highest BCUT2D eigenvalue weighted by atomic mass is 32.2. The van der Waals surface area contributed by atoms with Gasteiger partial charge < -0.3 is 10.2 Å². The first kappa shape index (κ1) is 17.5. The lowest BCUT2D eigenvalue weighted by molar-refractivity contribution is -0.138. The average Bonchev–Trinajstić information content (AvgIpc) is 3.08. The Bertz CT molecular complexity index is 827. The predicted octanol–water partition coefficient (Wildman–Crippen LogP) is 0.870. The predicted molar refractivity (Wildman–Crippen MR) is 96.9 cm³/mol. The summed E-state index contributed by atoms with van der Waals surface area (Å²) in [6, 6.07) is 6.56. The van der Waals surface area contributed by atoms with E-state index in [9.17, 15) is 18.0 Å². The Kier molecular flexibility index (Phi) is 4.48. The lowest BCUT2D eigenvalue weighted by Crippen LogP contribution is -2.62. The largest absolute Gasteiger partial charge is 0.340 e. The van der Waals surface area contributed by atoms with Gasteiger partial charge in [-0.3, -0.25) is 9.59 Å². The molecule has 1 aliphatic carbocycles. The first-order valence-corrected chi connectivity index (χ1v) is 10.7. The van der Waals surface area contributed by atoms with Crippen LogP contribution in [0.3, 0.4) is 0 Å². The summed E-state index contributed by atoms with van der Waals surface area (Å²) in [6.45, 7) is 0.436. The third-order valence-electron chi connectivity index (χ3n) is 5.63. The van der Waals surface area contributed by atoms with Crippen LogP contribution >= 0.6 is 0 Å². The number of carbonyl (C=O) groups is 2. The highest BCUT2D eigenvalue weighted by Crippen LogP contribution is 2.29. The van der Waals surface area contributed by atoms with E-state index in [0.717, 1.165) is 36.9 Å². The normalized spacial score (nSPS) is 24.1. The number of amides is 2. The van der Waals surface area contributed by atoms with Crippen LogP contribution in [0.4, 0.5) is 5.69 Å². The fraction of sp³-hybridized carbons (Fsp3) is 0.556. The first-order valence-electron chi connectivity index (χ1n) is 9.13. The van der Waals surface area contributed by atoms with Crippen molar-refractivity contribution in [2.24, 2.45) is 5.92 Å². The van der Waals surface area contributed by atoms with Crippen molar-refractivity contribution in [2.75, 3.05) is 18.4 Å². The molecule has 0 spiro atoms. The summed E-state index contributed by atoms with van der Waals surface area (Å²) in [7, 11) is -3.65. The number of hydrogen-bond donors (Lipinski definition) is 2. The molecular formula is C18H23N3O4S. The van der Waals surface area contributed by atoms with Crippen molar-refractivity contribution in [3.05, 3.63) is 29.8 Å². The zero-order valence-electron chi connectivity index (χ0n) is 14.5. The van der Waals surface area contributed by atoms with Crippen molar-refractivity contribution < 1.29 is 18.0 Å². The van der Waals surface area contributed by atoms with Crippen LogP contribution in [0.2, 0.25) is 0 Å². The minimum absolute atomic E-state index is 0.0623. The zero-order valence-corrected chi connectivity index (χ0v) is 15.3. The van der Waals surface area contributed by atoms with Crippen LogP contribution in [0, 0.1) is 5.92 Å². The smallest absolute Gasteiger partial charge is 0.242 e. The van der Waals surface area contributed by atoms with E-state index in [1.807, 2.05) is 18.2 Å². The lowest BCUT2D eigenvalue weighted by atomic mass is 10.00. The molecule has 7 nitrogen and oxygen atoms in total. The number of anilines is 1. The number of rotatable bonds is 4. The van der Waals surface area contributed by atoms with Crippen molar-refractivity contribution >= 4 is 27.5 Å². The molecule has 2 amide bonds. The number of nitrogens with zero attached hydrogens (tertiary/aromatic N) is 1. The molecule has 0 bridgehead atoms. The van der Waals surface area contributed by atoms with Gasteiger partial charge in [-0.2, -0.15) is 0 Å². The molecule has 0 aromatic heterocycles. The number of likely N-dealkylation sites (tertiary alicyclic amines) is 1. The Hall–Kier alpha value is -1.93. The van der Waals surface area contributed by atoms with E-state index in [-0.39, 0.29) is 30.8 Å². The van der Waals surface area contributed by atoms with E-state index in [4.69, 9.17) is 0 Å². The Balaban J connectivity index is 1.36. The van der Waals surface area contributed by atoms with E-state index >= 15 is 0 Å². The molecule has 26 heavy (non-hydrogen) atoms. The summed E-state index contributed by atoms with van der Waals surface area (Å²) in [5.74, 6) is -0.198. The monoisotopic (exact) mass is 377 g/mol. The molecule has 140 valence electrons. The van der Waals surface area contributed by atoms with Gasteiger partial charge >= 0.3 is 0 Å². The molecule has 8 heteroatoms. The lowest BCUT2D eigenvalue weighted by Gasteiger charge is -2.40. The maximum absolute atomic E-state index is 12.6. The van der Waals surface area contributed by atoms with Gasteiger partial charge in [-0.1, -0.05) is 31.0 Å². The Labute approximate surface area is 153 Å². The molecule has 1 aromatic carbocycles. The van der Waals surface area contributed by atoms with Crippen LogP contribution in [0.5, 0.6) is 0 Å². The van der Waals surface area contributed by atoms with Crippen molar-refractivity contribution in [2.45, 2.75) is 43.4 Å². The van der Waals surface area contributed by atoms with Gasteiger partial charge in [0.1, 0.15) is 11.3 Å². The Morgan fingerprint density at radius 1 is 1.15 bits per heavy atom. The minimum Gasteiger partial charge on any atom is -0.340 e. The second-order valence-corrected chi connectivity index (χ2v) is 9.40. The third-order valence-corrected chi connectivity index (χ3v) is 7.41. The van der Waals surface area contributed by atoms with Crippen molar-refractivity contribution in [1.82, 2.24) is 9.62 Å². The summed E-state index contributed by atoms with van der Waals surface area (Å²) >= 11 is 0. The van der Waals surface area contributed by atoms with Crippen LogP contribution < -0.4 is 10.0 Å². The first-order chi connectivity index (χ1) is 12.4.